The molecule has 0 unspecified atom stereocenters. The Labute approximate surface area is 152 Å². The Kier molecular flexibility index (Phi) is 4.26. The van der Waals surface area contributed by atoms with Gasteiger partial charge in [-0.1, -0.05) is 0 Å². The van der Waals surface area contributed by atoms with Crippen molar-refractivity contribution in [3.05, 3.63) is 29.7 Å². The van der Waals surface area contributed by atoms with Crippen LogP contribution < -0.4 is 0 Å². The van der Waals surface area contributed by atoms with Crippen LogP contribution in [0.5, 0.6) is 0 Å². The van der Waals surface area contributed by atoms with E-state index in [-0.39, 0.29) is 17.9 Å². The molecule has 26 heavy (non-hydrogen) atoms. The molecule has 2 aromatic rings. The lowest BCUT2D eigenvalue weighted by atomic mass is 10.1. The zero-order valence-electron chi connectivity index (χ0n) is 15.3. The number of urea groups is 1. The van der Waals surface area contributed by atoms with E-state index in [2.05, 4.69) is 10.2 Å². The maximum Gasteiger partial charge on any atom is 0.319 e. The molecule has 2 saturated heterocycles. The largest absolute Gasteiger partial charge is 0.339 e. The molecular formula is C18H24N6O2. The minimum Gasteiger partial charge on any atom is -0.339 e. The fourth-order valence-electron chi connectivity index (χ4n) is 3.84. The molecule has 4 rings (SSSR count). The van der Waals surface area contributed by atoms with E-state index < -0.39 is 0 Å². The minimum absolute atomic E-state index is 0.0196. The Morgan fingerprint density at radius 2 is 1.85 bits per heavy atom. The van der Waals surface area contributed by atoms with Crippen LogP contribution in [-0.4, -0.2) is 81.5 Å². The summed E-state index contributed by atoms with van der Waals surface area (Å²) in [6.07, 6.45) is 4.85. The Bertz CT molecular complexity index is 839. The number of pyridine rings is 1. The molecule has 0 aliphatic carbocycles. The summed E-state index contributed by atoms with van der Waals surface area (Å²) in [7, 11) is 3.52. The van der Waals surface area contributed by atoms with Gasteiger partial charge in [-0.15, -0.1) is 10.2 Å². The summed E-state index contributed by atoms with van der Waals surface area (Å²) in [6, 6.07) is 3.69. The third kappa shape index (κ3) is 2.89. The second-order valence-corrected chi connectivity index (χ2v) is 7.31. The van der Waals surface area contributed by atoms with Crippen molar-refractivity contribution in [2.24, 2.45) is 0 Å². The topological polar surface area (TPSA) is 74.0 Å². The van der Waals surface area contributed by atoms with Crippen LogP contribution in [0.4, 0.5) is 4.79 Å². The number of likely N-dealkylation sites (tertiary alicyclic amines) is 2. The third-order valence-corrected chi connectivity index (χ3v) is 5.28. The van der Waals surface area contributed by atoms with Gasteiger partial charge in [0.15, 0.2) is 5.65 Å². The van der Waals surface area contributed by atoms with E-state index in [0.717, 1.165) is 43.8 Å². The molecule has 2 aromatic heterocycles. The zero-order valence-corrected chi connectivity index (χ0v) is 15.3. The van der Waals surface area contributed by atoms with Gasteiger partial charge in [-0.05, 0) is 31.4 Å². The zero-order chi connectivity index (χ0) is 18.3. The quantitative estimate of drug-likeness (QED) is 0.816. The number of fused-ring (bicyclic) bond motifs is 1. The van der Waals surface area contributed by atoms with Crippen LogP contribution in [0.1, 0.15) is 41.4 Å². The molecule has 0 saturated carbocycles. The number of carbonyl (C=O) groups excluding carboxylic acids is 2. The van der Waals surface area contributed by atoms with Crippen LogP contribution in [0.2, 0.25) is 0 Å². The molecular weight excluding hydrogens is 332 g/mol. The highest BCUT2D eigenvalue weighted by atomic mass is 16.2. The maximum atomic E-state index is 12.7. The first kappa shape index (κ1) is 16.8. The van der Waals surface area contributed by atoms with E-state index in [1.54, 1.807) is 19.0 Å². The number of carbonyl (C=O) groups is 2. The van der Waals surface area contributed by atoms with E-state index in [0.29, 0.717) is 18.7 Å². The standard InChI is InChI=1S/C18H24N6O2/c1-21(2)18(26)23-10-7-13(11-23)16-20-19-15-6-5-14(12-24(15)16)17(25)22-8-3-4-9-22/h5-6,12-13H,3-4,7-11H2,1-2H3/t13-/m1/s1. The van der Waals surface area contributed by atoms with Gasteiger partial charge in [0, 0.05) is 52.4 Å². The number of aromatic nitrogens is 3. The van der Waals surface area contributed by atoms with Crippen LogP contribution in [0.25, 0.3) is 5.65 Å². The molecule has 138 valence electrons. The van der Waals surface area contributed by atoms with Crippen LogP contribution >= 0.6 is 0 Å². The van der Waals surface area contributed by atoms with Crippen LogP contribution in [0.15, 0.2) is 18.3 Å². The van der Waals surface area contributed by atoms with E-state index in [1.807, 2.05) is 32.5 Å². The molecule has 0 radical (unpaired) electrons. The molecule has 2 aliphatic rings. The molecule has 0 N–H and O–H groups in total. The fourth-order valence-corrected chi connectivity index (χ4v) is 3.84. The molecule has 8 heteroatoms. The normalized spacial score (nSPS) is 20.2. The lowest BCUT2D eigenvalue weighted by Crippen LogP contribution is -2.37. The Balaban J connectivity index is 1.59. The van der Waals surface area contributed by atoms with Gasteiger partial charge in [0.05, 0.1) is 5.56 Å². The van der Waals surface area contributed by atoms with Crippen molar-refractivity contribution in [1.82, 2.24) is 29.3 Å². The third-order valence-electron chi connectivity index (χ3n) is 5.28. The predicted molar refractivity (Wildman–Crippen MR) is 96.1 cm³/mol. The monoisotopic (exact) mass is 356 g/mol. The number of hydrogen-bond donors (Lipinski definition) is 0. The lowest BCUT2D eigenvalue weighted by molar-refractivity contribution is 0.0792. The van der Waals surface area contributed by atoms with Gasteiger partial charge in [-0.25, -0.2) is 4.79 Å². The molecule has 0 spiro atoms. The van der Waals surface area contributed by atoms with Crippen molar-refractivity contribution in [3.8, 4) is 0 Å². The van der Waals surface area contributed by atoms with Crippen LogP contribution in [0, 0.1) is 0 Å². The first-order valence-electron chi connectivity index (χ1n) is 9.15. The fraction of sp³-hybridized carbons (Fsp3) is 0.556. The Hall–Kier alpha value is -2.64. The Morgan fingerprint density at radius 3 is 2.58 bits per heavy atom. The van der Waals surface area contributed by atoms with E-state index in [9.17, 15) is 9.59 Å². The number of nitrogens with zero attached hydrogens (tertiary/aromatic N) is 6. The van der Waals surface area contributed by atoms with Crippen molar-refractivity contribution in [2.45, 2.75) is 25.2 Å². The van der Waals surface area contributed by atoms with Crippen molar-refractivity contribution < 1.29 is 9.59 Å². The van der Waals surface area contributed by atoms with Crippen molar-refractivity contribution >= 4 is 17.6 Å². The predicted octanol–water partition coefficient (Wildman–Crippen LogP) is 1.44. The second kappa shape index (κ2) is 6.59. The summed E-state index contributed by atoms with van der Waals surface area (Å²) >= 11 is 0. The first-order valence-corrected chi connectivity index (χ1v) is 9.15. The molecule has 2 aliphatic heterocycles. The molecule has 4 heterocycles. The van der Waals surface area contributed by atoms with Crippen molar-refractivity contribution in [2.75, 3.05) is 40.3 Å². The first-order chi connectivity index (χ1) is 12.5. The number of hydrogen-bond acceptors (Lipinski definition) is 4. The van der Waals surface area contributed by atoms with Gasteiger partial charge in [0.1, 0.15) is 5.82 Å². The highest BCUT2D eigenvalue weighted by molar-refractivity contribution is 5.94. The van der Waals surface area contributed by atoms with E-state index >= 15 is 0 Å². The summed E-state index contributed by atoms with van der Waals surface area (Å²) in [4.78, 5) is 30.2. The molecule has 0 aromatic carbocycles. The molecule has 1 atom stereocenters. The van der Waals surface area contributed by atoms with Gasteiger partial charge in [0.2, 0.25) is 0 Å². The van der Waals surface area contributed by atoms with E-state index in [4.69, 9.17) is 0 Å². The van der Waals surface area contributed by atoms with E-state index in [1.165, 1.54) is 0 Å². The summed E-state index contributed by atoms with van der Waals surface area (Å²) in [5, 5.41) is 8.59. The molecule has 0 bridgehead atoms. The van der Waals surface area contributed by atoms with Gasteiger partial charge in [-0.2, -0.15) is 0 Å². The van der Waals surface area contributed by atoms with Gasteiger partial charge < -0.3 is 14.7 Å². The van der Waals surface area contributed by atoms with Crippen LogP contribution in [0.3, 0.4) is 0 Å². The van der Waals surface area contributed by atoms with Gasteiger partial charge >= 0.3 is 6.03 Å². The summed E-state index contributed by atoms with van der Waals surface area (Å²) in [6.45, 7) is 3.00. The molecule has 3 amide bonds. The average Bonchev–Trinajstić information content (AvgIpc) is 3.39. The molecule has 2 fully saturated rings. The smallest absolute Gasteiger partial charge is 0.319 e. The minimum atomic E-state index is 0.0196. The van der Waals surface area contributed by atoms with Crippen LogP contribution in [-0.2, 0) is 0 Å². The maximum absolute atomic E-state index is 12.7. The van der Waals surface area contributed by atoms with Gasteiger partial charge in [-0.3, -0.25) is 9.20 Å². The number of rotatable bonds is 2. The summed E-state index contributed by atoms with van der Waals surface area (Å²) in [5.74, 6) is 1.02. The SMILES string of the molecule is CN(C)C(=O)N1CC[C@@H](c2nnc3ccc(C(=O)N4CCCC4)cn23)C1. The Morgan fingerprint density at radius 1 is 1.08 bits per heavy atom. The van der Waals surface area contributed by atoms with Crippen molar-refractivity contribution in [3.63, 3.8) is 0 Å². The highest BCUT2D eigenvalue weighted by Gasteiger charge is 2.31. The van der Waals surface area contributed by atoms with Gasteiger partial charge in [0.25, 0.3) is 5.91 Å². The summed E-state index contributed by atoms with van der Waals surface area (Å²) < 4.78 is 1.91. The second-order valence-electron chi connectivity index (χ2n) is 7.31. The number of amides is 3. The highest BCUT2D eigenvalue weighted by Crippen LogP contribution is 2.27. The van der Waals surface area contributed by atoms with Crippen molar-refractivity contribution in [1.29, 1.82) is 0 Å². The average molecular weight is 356 g/mol. The molecule has 8 nitrogen and oxygen atoms in total. The summed E-state index contributed by atoms with van der Waals surface area (Å²) in [5.41, 5.74) is 1.40. The lowest BCUT2D eigenvalue weighted by Gasteiger charge is -2.21.